The molecule has 22 heavy (non-hydrogen) atoms. The van der Waals surface area contributed by atoms with Gasteiger partial charge in [-0.15, -0.1) is 0 Å². The van der Waals surface area contributed by atoms with Gasteiger partial charge in [0, 0.05) is 23.9 Å². The van der Waals surface area contributed by atoms with Crippen molar-refractivity contribution >= 4 is 6.03 Å². The molecular weight excluding hydrogens is 283 g/mol. The third-order valence-corrected chi connectivity index (χ3v) is 5.05. The maximum absolute atomic E-state index is 13.0. The van der Waals surface area contributed by atoms with Crippen LogP contribution in [0.1, 0.15) is 43.6 Å². The van der Waals surface area contributed by atoms with E-state index in [1.165, 1.54) is 12.1 Å². The molecule has 4 nitrogen and oxygen atoms in total. The fourth-order valence-corrected chi connectivity index (χ4v) is 3.30. The van der Waals surface area contributed by atoms with Gasteiger partial charge in [-0.1, -0.05) is 18.6 Å². The van der Waals surface area contributed by atoms with Crippen LogP contribution in [-0.2, 0) is 0 Å². The second kappa shape index (κ2) is 6.24. The minimum Gasteiger partial charge on any atom is -0.396 e. The van der Waals surface area contributed by atoms with Gasteiger partial charge in [0.1, 0.15) is 5.82 Å². The summed E-state index contributed by atoms with van der Waals surface area (Å²) < 4.78 is 13.0. The molecule has 2 fully saturated rings. The third kappa shape index (κ3) is 3.40. The van der Waals surface area contributed by atoms with E-state index in [2.05, 4.69) is 10.6 Å². The zero-order valence-electron chi connectivity index (χ0n) is 12.6. The maximum Gasteiger partial charge on any atom is 0.315 e. The predicted octanol–water partition coefficient (Wildman–Crippen LogP) is 2.53. The standard InChI is InChI=1S/C17H23FN2O2/c18-13-6-4-12(5-7-13)14-2-1-3-15(14)20-16(22)19-10-17(11-21)8-9-17/h4-7,14-15,21H,1-3,8-11H2,(H2,19,20,22)/t14-,15-/m0/s1. The molecule has 3 N–H and O–H groups in total. The highest BCUT2D eigenvalue weighted by molar-refractivity contribution is 5.74. The summed E-state index contributed by atoms with van der Waals surface area (Å²) in [4.78, 5) is 12.1. The van der Waals surface area contributed by atoms with Crippen LogP contribution in [-0.4, -0.2) is 30.3 Å². The minimum absolute atomic E-state index is 0.0800. The summed E-state index contributed by atoms with van der Waals surface area (Å²) in [6.07, 6.45) is 4.97. The summed E-state index contributed by atoms with van der Waals surface area (Å²) in [5.41, 5.74) is 1.00. The fourth-order valence-electron chi connectivity index (χ4n) is 3.30. The summed E-state index contributed by atoms with van der Waals surface area (Å²) in [7, 11) is 0. The van der Waals surface area contributed by atoms with Gasteiger partial charge >= 0.3 is 6.03 Å². The van der Waals surface area contributed by atoms with Gasteiger partial charge in [-0.3, -0.25) is 0 Å². The molecule has 3 rings (SSSR count). The fraction of sp³-hybridized carbons (Fsp3) is 0.588. The van der Waals surface area contributed by atoms with Crippen LogP contribution in [0.2, 0.25) is 0 Å². The molecule has 0 unspecified atom stereocenters. The van der Waals surface area contributed by atoms with Gasteiger partial charge in [0.2, 0.25) is 0 Å². The average Bonchev–Trinajstić information content (AvgIpc) is 3.18. The Hall–Kier alpha value is -1.62. The molecule has 5 heteroatoms. The monoisotopic (exact) mass is 306 g/mol. The zero-order chi connectivity index (χ0) is 15.6. The van der Waals surface area contributed by atoms with Gasteiger partial charge in [0.05, 0.1) is 6.61 Å². The summed E-state index contributed by atoms with van der Waals surface area (Å²) in [5.74, 6) is 0.0156. The Labute approximate surface area is 130 Å². The van der Waals surface area contributed by atoms with Crippen molar-refractivity contribution in [3.63, 3.8) is 0 Å². The SMILES string of the molecule is O=C(NCC1(CO)CC1)N[C@H]1CCC[C@H]1c1ccc(F)cc1. The summed E-state index contributed by atoms with van der Waals surface area (Å²) >= 11 is 0. The summed E-state index contributed by atoms with van der Waals surface area (Å²) in [6.45, 7) is 0.665. The molecule has 2 saturated carbocycles. The average molecular weight is 306 g/mol. The molecule has 0 spiro atoms. The van der Waals surface area contributed by atoms with E-state index < -0.39 is 0 Å². The quantitative estimate of drug-likeness (QED) is 0.783. The molecule has 0 bridgehead atoms. The van der Waals surface area contributed by atoms with E-state index >= 15 is 0 Å². The van der Waals surface area contributed by atoms with Gasteiger partial charge in [-0.25, -0.2) is 9.18 Å². The number of rotatable bonds is 5. The molecule has 2 atom stereocenters. The molecular formula is C17H23FN2O2. The number of amides is 2. The number of nitrogens with one attached hydrogen (secondary N) is 2. The minimum atomic E-state index is -0.234. The van der Waals surface area contributed by atoms with Crippen LogP contribution >= 0.6 is 0 Å². The number of hydrogen-bond acceptors (Lipinski definition) is 2. The van der Waals surface area contributed by atoms with E-state index in [9.17, 15) is 14.3 Å². The van der Waals surface area contributed by atoms with Gasteiger partial charge in [-0.05, 0) is 43.4 Å². The van der Waals surface area contributed by atoms with Crippen molar-refractivity contribution in [2.75, 3.05) is 13.2 Å². The highest BCUT2D eigenvalue weighted by atomic mass is 19.1. The number of halogens is 1. The van der Waals surface area contributed by atoms with Crippen molar-refractivity contribution in [1.82, 2.24) is 10.6 Å². The normalized spacial score (nSPS) is 25.7. The Kier molecular flexibility index (Phi) is 4.34. The number of carbonyl (C=O) groups is 1. The molecule has 2 aliphatic rings. The van der Waals surface area contributed by atoms with Crippen molar-refractivity contribution in [3.8, 4) is 0 Å². The second-order valence-electron chi connectivity index (χ2n) is 6.68. The van der Waals surface area contributed by atoms with E-state index in [0.717, 1.165) is 37.7 Å². The van der Waals surface area contributed by atoms with Gasteiger partial charge in [0.15, 0.2) is 0 Å². The van der Waals surface area contributed by atoms with Gasteiger partial charge in [0.25, 0.3) is 0 Å². The largest absolute Gasteiger partial charge is 0.396 e. The Morgan fingerprint density at radius 3 is 2.64 bits per heavy atom. The molecule has 0 saturated heterocycles. The second-order valence-corrected chi connectivity index (χ2v) is 6.68. The first-order chi connectivity index (χ1) is 10.6. The van der Waals surface area contributed by atoms with E-state index in [1.807, 2.05) is 12.1 Å². The van der Waals surface area contributed by atoms with Crippen molar-refractivity contribution in [2.24, 2.45) is 5.41 Å². The first kappa shape index (κ1) is 15.3. The van der Waals surface area contributed by atoms with Crippen LogP contribution < -0.4 is 10.6 Å². The lowest BCUT2D eigenvalue weighted by Crippen LogP contribution is -2.45. The van der Waals surface area contributed by atoms with Crippen LogP contribution in [0.3, 0.4) is 0 Å². The van der Waals surface area contributed by atoms with Crippen LogP contribution in [0.25, 0.3) is 0 Å². The lowest BCUT2D eigenvalue weighted by molar-refractivity contribution is 0.201. The predicted molar refractivity (Wildman–Crippen MR) is 82.1 cm³/mol. The number of aliphatic hydroxyl groups is 1. The molecule has 0 aliphatic heterocycles. The van der Waals surface area contributed by atoms with Crippen LogP contribution in [0.15, 0.2) is 24.3 Å². The van der Waals surface area contributed by atoms with E-state index in [-0.39, 0.29) is 35.8 Å². The maximum atomic E-state index is 13.0. The summed E-state index contributed by atoms with van der Waals surface area (Å²) in [5, 5.41) is 15.2. The van der Waals surface area contributed by atoms with Gasteiger partial charge < -0.3 is 15.7 Å². The van der Waals surface area contributed by atoms with E-state index in [1.54, 1.807) is 0 Å². The van der Waals surface area contributed by atoms with Crippen LogP contribution in [0.4, 0.5) is 9.18 Å². The number of urea groups is 1. The number of hydrogen-bond donors (Lipinski definition) is 3. The van der Waals surface area contributed by atoms with Gasteiger partial charge in [-0.2, -0.15) is 0 Å². The highest BCUT2D eigenvalue weighted by Gasteiger charge is 2.42. The smallest absolute Gasteiger partial charge is 0.315 e. The zero-order valence-corrected chi connectivity index (χ0v) is 12.6. The molecule has 0 aromatic heterocycles. The topological polar surface area (TPSA) is 61.4 Å². The Balaban J connectivity index is 1.54. The van der Waals surface area contributed by atoms with E-state index in [4.69, 9.17) is 0 Å². The molecule has 2 amide bonds. The first-order valence-electron chi connectivity index (χ1n) is 8.03. The van der Waals surface area contributed by atoms with Crippen LogP contribution in [0, 0.1) is 11.2 Å². The molecule has 2 aliphatic carbocycles. The Bertz CT molecular complexity index is 528. The molecule has 1 aromatic carbocycles. The highest BCUT2D eigenvalue weighted by Crippen LogP contribution is 2.44. The third-order valence-electron chi connectivity index (χ3n) is 5.05. The first-order valence-corrected chi connectivity index (χ1v) is 8.03. The summed E-state index contributed by atoms with van der Waals surface area (Å²) in [6, 6.07) is 6.49. The number of carbonyl (C=O) groups excluding carboxylic acids is 1. The number of benzene rings is 1. The Morgan fingerprint density at radius 2 is 2.00 bits per heavy atom. The lowest BCUT2D eigenvalue weighted by atomic mass is 9.94. The molecule has 120 valence electrons. The number of aliphatic hydroxyl groups excluding tert-OH is 1. The molecule has 0 radical (unpaired) electrons. The van der Waals surface area contributed by atoms with Crippen LogP contribution in [0.5, 0.6) is 0 Å². The molecule has 1 aromatic rings. The molecule has 0 heterocycles. The van der Waals surface area contributed by atoms with Crippen molar-refractivity contribution in [2.45, 2.75) is 44.1 Å². The van der Waals surface area contributed by atoms with E-state index in [0.29, 0.717) is 6.54 Å². The lowest BCUT2D eigenvalue weighted by Gasteiger charge is -2.22. The van der Waals surface area contributed by atoms with Crippen molar-refractivity contribution in [3.05, 3.63) is 35.6 Å². The van der Waals surface area contributed by atoms with Crippen molar-refractivity contribution < 1.29 is 14.3 Å². The Morgan fingerprint density at radius 1 is 1.27 bits per heavy atom. The van der Waals surface area contributed by atoms with Crippen molar-refractivity contribution in [1.29, 1.82) is 0 Å².